The molecular formula is C14H19ClN4. The van der Waals surface area contributed by atoms with Gasteiger partial charge in [0.15, 0.2) is 11.5 Å². The van der Waals surface area contributed by atoms with Gasteiger partial charge in [0.2, 0.25) is 0 Å². The van der Waals surface area contributed by atoms with Gasteiger partial charge in [-0.1, -0.05) is 24.6 Å². The van der Waals surface area contributed by atoms with Crippen LogP contribution in [0.25, 0.3) is 5.65 Å². The fourth-order valence-electron chi connectivity index (χ4n) is 2.77. The van der Waals surface area contributed by atoms with E-state index in [9.17, 15) is 0 Å². The van der Waals surface area contributed by atoms with Crippen molar-refractivity contribution in [3.8, 4) is 0 Å². The predicted octanol–water partition coefficient (Wildman–Crippen LogP) is 2.66. The molecule has 0 bridgehead atoms. The van der Waals surface area contributed by atoms with Gasteiger partial charge in [0.05, 0.1) is 0 Å². The zero-order valence-corrected chi connectivity index (χ0v) is 12.0. The minimum atomic E-state index is 0.622. The van der Waals surface area contributed by atoms with E-state index in [-0.39, 0.29) is 0 Å². The van der Waals surface area contributed by atoms with Crippen LogP contribution in [0.5, 0.6) is 0 Å². The Morgan fingerprint density at radius 2 is 2.11 bits per heavy atom. The number of halogens is 1. The number of hydrogen-bond donors (Lipinski definition) is 0. The molecule has 1 saturated heterocycles. The van der Waals surface area contributed by atoms with Crippen molar-refractivity contribution < 1.29 is 0 Å². The molecule has 102 valence electrons. The van der Waals surface area contributed by atoms with Crippen LogP contribution < -0.4 is 0 Å². The van der Waals surface area contributed by atoms with Gasteiger partial charge in [-0.2, -0.15) is 0 Å². The van der Waals surface area contributed by atoms with Crippen LogP contribution in [0.15, 0.2) is 18.2 Å². The van der Waals surface area contributed by atoms with Gasteiger partial charge < -0.3 is 4.90 Å². The van der Waals surface area contributed by atoms with Gasteiger partial charge >= 0.3 is 0 Å². The molecule has 0 unspecified atom stereocenters. The lowest BCUT2D eigenvalue weighted by molar-refractivity contribution is 0.191. The van der Waals surface area contributed by atoms with E-state index in [0.717, 1.165) is 24.4 Å². The largest absolute Gasteiger partial charge is 0.304 e. The van der Waals surface area contributed by atoms with Gasteiger partial charge in [-0.25, -0.2) is 9.50 Å². The lowest BCUT2D eigenvalue weighted by Crippen LogP contribution is -2.34. The predicted molar refractivity (Wildman–Crippen MR) is 76.5 cm³/mol. The molecule has 1 fully saturated rings. The Labute approximate surface area is 118 Å². The van der Waals surface area contributed by atoms with Crippen molar-refractivity contribution in [1.82, 2.24) is 19.5 Å². The third kappa shape index (κ3) is 2.74. The number of piperidine rings is 1. The first kappa shape index (κ1) is 12.9. The summed E-state index contributed by atoms with van der Waals surface area (Å²) >= 11 is 6.10. The third-order valence-corrected chi connectivity index (χ3v) is 4.27. The van der Waals surface area contributed by atoms with Crippen LogP contribution in [0.4, 0.5) is 0 Å². The highest BCUT2D eigenvalue weighted by atomic mass is 35.5. The number of likely N-dealkylation sites (tertiary alicyclic amines) is 1. The first-order chi connectivity index (χ1) is 9.26. The van der Waals surface area contributed by atoms with E-state index in [1.165, 1.54) is 25.9 Å². The van der Waals surface area contributed by atoms with E-state index >= 15 is 0 Å². The fourth-order valence-corrected chi connectivity index (χ4v) is 2.97. The molecule has 0 spiro atoms. The first-order valence-electron chi connectivity index (χ1n) is 6.99. The Hall–Kier alpha value is -1.13. The maximum Gasteiger partial charge on any atom is 0.157 e. The van der Waals surface area contributed by atoms with Crippen LogP contribution in [-0.2, 0) is 6.42 Å². The number of hydrogen-bond acceptors (Lipinski definition) is 3. The molecule has 4 nitrogen and oxygen atoms in total. The summed E-state index contributed by atoms with van der Waals surface area (Å²) in [5.41, 5.74) is 0.841. The zero-order chi connectivity index (χ0) is 13.2. The topological polar surface area (TPSA) is 33.4 Å². The SMILES string of the molecule is CCN1CCC(Cc2nc3cccc(Cl)n3n2)CC1. The standard InChI is InChI=1S/C14H19ClN4/c1-2-18-8-6-11(7-9-18)10-13-16-14-5-3-4-12(15)19(14)17-13/h3-5,11H,2,6-10H2,1H3. The summed E-state index contributed by atoms with van der Waals surface area (Å²) in [4.78, 5) is 7.07. The molecule has 0 amide bonds. The summed E-state index contributed by atoms with van der Waals surface area (Å²) < 4.78 is 1.72. The van der Waals surface area contributed by atoms with Crippen molar-refractivity contribution in [3.05, 3.63) is 29.2 Å². The quantitative estimate of drug-likeness (QED) is 0.810. The molecule has 0 radical (unpaired) electrons. The highest BCUT2D eigenvalue weighted by Crippen LogP contribution is 2.21. The van der Waals surface area contributed by atoms with E-state index in [0.29, 0.717) is 11.1 Å². The average Bonchev–Trinajstić information content (AvgIpc) is 2.84. The Morgan fingerprint density at radius 3 is 2.79 bits per heavy atom. The second kappa shape index (κ2) is 5.47. The molecule has 2 aromatic rings. The maximum absolute atomic E-state index is 6.10. The fraction of sp³-hybridized carbons (Fsp3) is 0.571. The number of aromatic nitrogens is 3. The molecule has 2 aromatic heterocycles. The number of nitrogens with zero attached hydrogens (tertiary/aromatic N) is 4. The monoisotopic (exact) mass is 278 g/mol. The number of fused-ring (bicyclic) bond motifs is 1. The van der Waals surface area contributed by atoms with E-state index in [2.05, 4.69) is 21.9 Å². The van der Waals surface area contributed by atoms with Crippen LogP contribution in [0.2, 0.25) is 5.15 Å². The first-order valence-corrected chi connectivity index (χ1v) is 7.36. The smallest absolute Gasteiger partial charge is 0.157 e. The Bertz CT molecular complexity index is 558. The van der Waals surface area contributed by atoms with Crippen LogP contribution >= 0.6 is 11.6 Å². The summed E-state index contributed by atoms with van der Waals surface area (Å²) in [6.45, 7) is 5.80. The highest BCUT2D eigenvalue weighted by molar-refractivity contribution is 6.29. The Kier molecular flexibility index (Phi) is 3.71. The summed E-state index contributed by atoms with van der Waals surface area (Å²) in [5, 5.41) is 5.13. The van der Waals surface area contributed by atoms with Gasteiger partial charge in [0.1, 0.15) is 5.15 Å². The highest BCUT2D eigenvalue weighted by Gasteiger charge is 2.20. The Balaban J connectivity index is 1.70. The Morgan fingerprint density at radius 1 is 1.32 bits per heavy atom. The lowest BCUT2D eigenvalue weighted by atomic mass is 9.93. The molecule has 0 aliphatic carbocycles. The van der Waals surface area contributed by atoms with Crippen LogP contribution in [0.1, 0.15) is 25.6 Å². The second-order valence-electron chi connectivity index (χ2n) is 5.23. The molecule has 0 atom stereocenters. The molecule has 5 heteroatoms. The minimum absolute atomic E-state index is 0.622. The summed E-state index contributed by atoms with van der Waals surface area (Å²) in [7, 11) is 0. The molecule has 1 aliphatic heterocycles. The van der Waals surface area contributed by atoms with E-state index in [1.54, 1.807) is 4.52 Å². The normalized spacial score (nSPS) is 18.2. The second-order valence-corrected chi connectivity index (χ2v) is 5.62. The summed E-state index contributed by atoms with van der Waals surface area (Å²) in [6, 6.07) is 5.70. The van der Waals surface area contributed by atoms with Gasteiger partial charge in [-0.3, -0.25) is 0 Å². The molecule has 3 heterocycles. The van der Waals surface area contributed by atoms with Gasteiger partial charge in [-0.05, 0) is 50.5 Å². The van der Waals surface area contributed by atoms with Crippen LogP contribution in [0.3, 0.4) is 0 Å². The molecule has 1 aliphatic rings. The average molecular weight is 279 g/mol. The molecular weight excluding hydrogens is 260 g/mol. The molecule has 0 aromatic carbocycles. The van der Waals surface area contributed by atoms with Gasteiger partial charge in [0.25, 0.3) is 0 Å². The van der Waals surface area contributed by atoms with E-state index in [1.807, 2.05) is 18.2 Å². The lowest BCUT2D eigenvalue weighted by Gasteiger charge is -2.30. The van der Waals surface area contributed by atoms with Crippen molar-refractivity contribution in [2.75, 3.05) is 19.6 Å². The number of pyridine rings is 1. The van der Waals surface area contributed by atoms with Crippen LogP contribution in [-0.4, -0.2) is 39.1 Å². The summed E-state index contributed by atoms with van der Waals surface area (Å²) in [6.07, 6.45) is 3.46. The van der Waals surface area contributed by atoms with Crippen molar-refractivity contribution in [1.29, 1.82) is 0 Å². The van der Waals surface area contributed by atoms with Crippen molar-refractivity contribution in [2.24, 2.45) is 5.92 Å². The van der Waals surface area contributed by atoms with Crippen molar-refractivity contribution >= 4 is 17.2 Å². The molecule has 19 heavy (non-hydrogen) atoms. The van der Waals surface area contributed by atoms with Crippen molar-refractivity contribution in [2.45, 2.75) is 26.2 Å². The van der Waals surface area contributed by atoms with E-state index < -0.39 is 0 Å². The third-order valence-electron chi connectivity index (χ3n) is 3.98. The molecule has 3 rings (SSSR count). The van der Waals surface area contributed by atoms with E-state index in [4.69, 9.17) is 11.6 Å². The van der Waals surface area contributed by atoms with Gasteiger partial charge in [0, 0.05) is 6.42 Å². The van der Waals surface area contributed by atoms with Crippen LogP contribution in [0, 0.1) is 5.92 Å². The molecule has 0 N–H and O–H groups in total. The minimum Gasteiger partial charge on any atom is -0.304 e. The van der Waals surface area contributed by atoms with Crippen molar-refractivity contribution in [3.63, 3.8) is 0 Å². The number of rotatable bonds is 3. The van der Waals surface area contributed by atoms with Gasteiger partial charge in [-0.15, -0.1) is 5.10 Å². The summed E-state index contributed by atoms with van der Waals surface area (Å²) in [5.74, 6) is 1.63. The molecule has 0 saturated carbocycles. The maximum atomic E-state index is 6.10. The zero-order valence-electron chi connectivity index (χ0n) is 11.2.